The van der Waals surface area contributed by atoms with Crippen LogP contribution in [0.2, 0.25) is 0 Å². The van der Waals surface area contributed by atoms with Gasteiger partial charge in [-0.25, -0.2) is 0 Å². The summed E-state index contributed by atoms with van der Waals surface area (Å²) in [6.07, 6.45) is 9.27. The topological polar surface area (TPSA) is 189 Å². The number of ether oxygens (including phenoxy) is 1. The number of nitrogens with zero attached hydrogens (tertiary/aromatic N) is 2. The van der Waals surface area contributed by atoms with Gasteiger partial charge in [-0.2, -0.15) is 0 Å². The normalized spacial score (nSPS) is 20.8. The highest BCUT2D eigenvalue weighted by molar-refractivity contribution is 5.84. The highest BCUT2D eigenvalue weighted by atomic mass is 17.0. The highest BCUT2D eigenvalue weighted by Gasteiger charge is 2.39. The van der Waals surface area contributed by atoms with Crippen molar-refractivity contribution in [2.45, 2.75) is 83.0 Å². The number of carbonyl (C=O) groups is 2. The molecule has 1 aliphatic carbocycles. The van der Waals surface area contributed by atoms with Gasteiger partial charge in [-0.1, -0.05) is 50.5 Å². The van der Waals surface area contributed by atoms with E-state index in [0.29, 0.717) is 25.7 Å². The number of allylic oxidation sites excluding steroid dienone is 2. The zero-order valence-electron chi connectivity index (χ0n) is 20.4. The van der Waals surface area contributed by atoms with Crippen LogP contribution in [0.1, 0.15) is 64.7 Å². The number of unbranched alkanes of at least 4 members (excludes halogenated alkanes) is 3. The fourth-order valence-corrected chi connectivity index (χ4v) is 3.86. The Morgan fingerprint density at radius 1 is 1.14 bits per heavy atom. The van der Waals surface area contributed by atoms with Gasteiger partial charge in [0.15, 0.2) is 0 Å². The number of rotatable bonds is 19. The maximum atomic E-state index is 12.3. The van der Waals surface area contributed by atoms with E-state index >= 15 is 0 Å². The van der Waals surface area contributed by atoms with E-state index in [0.717, 1.165) is 19.3 Å². The van der Waals surface area contributed by atoms with Gasteiger partial charge in [0.05, 0.1) is 12.2 Å². The molecule has 4 atom stereocenters. The molecule has 1 fully saturated rings. The molecule has 0 amide bonds. The average molecular weight is 517 g/mol. The van der Waals surface area contributed by atoms with E-state index in [-0.39, 0.29) is 30.5 Å². The molecule has 1 aliphatic rings. The summed E-state index contributed by atoms with van der Waals surface area (Å²) in [5.41, 5.74) is 0. The molecule has 0 aromatic carbocycles. The first-order chi connectivity index (χ1) is 17.1. The quantitative estimate of drug-likeness (QED) is 0.0843. The van der Waals surface area contributed by atoms with E-state index in [1.807, 2.05) is 6.08 Å². The predicted octanol–water partition coefficient (Wildman–Crippen LogP) is 2.49. The second-order valence-corrected chi connectivity index (χ2v) is 8.62. The van der Waals surface area contributed by atoms with E-state index in [9.17, 15) is 40.0 Å². The van der Waals surface area contributed by atoms with Crippen molar-refractivity contribution in [1.29, 1.82) is 0 Å². The molecule has 204 valence electrons. The SMILES string of the molecule is CCCCC[C@H](O)/C=C/[C@H]1[C@H](O)CC(=O)[C@@H]1C/C=C\CCCC(=O)OC(CO[N+](=O)[O-])CO[N+](=O)[O-]. The second kappa shape index (κ2) is 17.4. The van der Waals surface area contributed by atoms with Gasteiger partial charge in [0.2, 0.25) is 0 Å². The zero-order valence-corrected chi connectivity index (χ0v) is 20.4. The summed E-state index contributed by atoms with van der Waals surface area (Å²) < 4.78 is 4.93. The minimum absolute atomic E-state index is 0.0363. The third-order valence-corrected chi connectivity index (χ3v) is 5.73. The molecule has 1 rings (SSSR count). The van der Waals surface area contributed by atoms with Crippen molar-refractivity contribution in [2.75, 3.05) is 13.2 Å². The lowest BCUT2D eigenvalue weighted by atomic mass is 9.90. The highest BCUT2D eigenvalue weighted by Crippen LogP contribution is 2.33. The second-order valence-electron chi connectivity index (χ2n) is 8.62. The molecule has 0 bridgehead atoms. The summed E-state index contributed by atoms with van der Waals surface area (Å²) in [7, 11) is 0. The first-order valence-electron chi connectivity index (χ1n) is 12.1. The Kier molecular flexibility index (Phi) is 15.0. The van der Waals surface area contributed by atoms with Crippen LogP contribution in [-0.4, -0.2) is 63.7 Å². The maximum absolute atomic E-state index is 12.3. The van der Waals surface area contributed by atoms with E-state index < -0.39 is 47.7 Å². The van der Waals surface area contributed by atoms with Crippen LogP contribution in [0.15, 0.2) is 24.3 Å². The third kappa shape index (κ3) is 13.1. The summed E-state index contributed by atoms with van der Waals surface area (Å²) in [5.74, 6) is -1.50. The number of aliphatic hydroxyl groups is 2. The number of aliphatic hydroxyl groups excluding tert-OH is 2. The Balaban J connectivity index is 2.43. The number of ketones is 1. The summed E-state index contributed by atoms with van der Waals surface area (Å²) in [6, 6.07) is 0. The maximum Gasteiger partial charge on any atom is 0.306 e. The van der Waals surface area contributed by atoms with Crippen molar-refractivity contribution in [2.24, 2.45) is 11.8 Å². The molecule has 13 nitrogen and oxygen atoms in total. The van der Waals surface area contributed by atoms with Crippen LogP contribution in [0, 0.1) is 32.1 Å². The third-order valence-electron chi connectivity index (χ3n) is 5.73. The van der Waals surface area contributed by atoms with Crippen LogP contribution in [0.3, 0.4) is 0 Å². The number of esters is 1. The van der Waals surface area contributed by atoms with Crippen LogP contribution in [-0.2, 0) is 24.0 Å². The summed E-state index contributed by atoms with van der Waals surface area (Å²) in [5, 5.41) is 38.7. The van der Waals surface area contributed by atoms with Gasteiger partial charge in [-0.3, -0.25) is 9.59 Å². The molecule has 1 saturated carbocycles. The molecule has 0 saturated heterocycles. The molecule has 0 aromatic heterocycles. The molecule has 0 aromatic rings. The lowest BCUT2D eigenvalue weighted by molar-refractivity contribution is -0.768. The molecule has 0 radical (unpaired) electrons. The van der Waals surface area contributed by atoms with Gasteiger partial charge in [0, 0.05) is 24.7 Å². The Labute approximate surface area is 209 Å². The van der Waals surface area contributed by atoms with Crippen molar-refractivity contribution in [3.63, 3.8) is 0 Å². The Morgan fingerprint density at radius 3 is 2.42 bits per heavy atom. The molecule has 0 heterocycles. The molecule has 0 unspecified atom stereocenters. The van der Waals surface area contributed by atoms with Crippen molar-refractivity contribution >= 4 is 11.8 Å². The van der Waals surface area contributed by atoms with Crippen molar-refractivity contribution < 1.29 is 44.4 Å². The van der Waals surface area contributed by atoms with Crippen molar-refractivity contribution in [1.82, 2.24) is 0 Å². The first-order valence-corrected chi connectivity index (χ1v) is 12.1. The van der Waals surface area contributed by atoms with E-state index in [1.54, 1.807) is 18.2 Å². The number of carbonyl (C=O) groups excluding carboxylic acids is 2. The van der Waals surface area contributed by atoms with Crippen LogP contribution in [0.25, 0.3) is 0 Å². The van der Waals surface area contributed by atoms with Gasteiger partial charge in [-0.15, -0.1) is 20.2 Å². The number of Topliss-reactive ketones (excluding diaryl/α,β-unsaturated/α-hetero) is 1. The molecule has 0 aliphatic heterocycles. The van der Waals surface area contributed by atoms with Crippen LogP contribution < -0.4 is 0 Å². The molecule has 2 N–H and O–H groups in total. The smallest absolute Gasteiger partial charge is 0.306 e. The fourth-order valence-electron chi connectivity index (χ4n) is 3.86. The van der Waals surface area contributed by atoms with Gasteiger partial charge in [0.1, 0.15) is 25.1 Å². The summed E-state index contributed by atoms with van der Waals surface area (Å²) in [4.78, 5) is 53.0. The van der Waals surface area contributed by atoms with Crippen molar-refractivity contribution in [3.05, 3.63) is 44.5 Å². The Bertz CT molecular complexity index is 753. The molecular formula is C23H36N2O11. The first kappa shape index (κ1) is 31.0. The van der Waals surface area contributed by atoms with Gasteiger partial charge in [0.25, 0.3) is 10.2 Å². The van der Waals surface area contributed by atoms with Gasteiger partial charge < -0.3 is 24.6 Å². The predicted molar refractivity (Wildman–Crippen MR) is 125 cm³/mol. The zero-order chi connectivity index (χ0) is 26.9. The average Bonchev–Trinajstić information content (AvgIpc) is 3.08. The Hall–Kier alpha value is -3.06. The summed E-state index contributed by atoms with van der Waals surface area (Å²) >= 11 is 0. The minimum Gasteiger partial charge on any atom is -0.458 e. The van der Waals surface area contributed by atoms with E-state index in [1.165, 1.54) is 0 Å². The lowest BCUT2D eigenvalue weighted by Gasteiger charge is -2.16. The standard InChI is InChI=1S/C23H36N2O11/c1-2-3-6-9-17(26)12-13-20-19(21(27)14-22(20)28)10-7-4-5-8-11-23(29)36-18(15-34-24(30)31)16-35-25(32)33/h4,7,12-13,17-20,22,26,28H,2-3,5-6,8-11,14-16H2,1H3/b7-4-,13-12+/t17-,19+,20+,22+/m0/s1. The minimum atomic E-state index is -1.31. The molecule has 13 heteroatoms. The molecule has 36 heavy (non-hydrogen) atoms. The molecule has 0 spiro atoms. The lowest BCUT2D eigenvalue weighted by Crippen LogP contribution is -2.30. The molecular weight excluding hydrogens is 480 g/mol. The van der Waals surface area contributed by atoms with Crippen LogP contribution in [0.4, 0.5) is 0 Å². The summed E-state index contributed by atoms with van der Waals surface area (Å²) in [6.45, 7) is 0.690. The van der Waals surface area contributed by atoms with E-state index in [2.05, 4.69) is 16.6 Å². The van der Waals surface area contributed by atoms with Crippen molar-refractivity contribution in [3.8, 4) is 0 Å². The van der Waals surface area contributed by atoms with Crippen LogP contribution >= 0.6 is 0 Å². The fraction of sp³-hybridized carbons (Fsp3) is 0.739. The van der Waals surface area contributed by atoms with Crippen LogP contribution in [0.5, 0.6) is 0 Å². The largest absolute Gasteiger partial charge is 0.458 e. The Morgan fingerprint density at radius 2 is 1.81 bits per heavy atom. The number of hydrogen-bond acceptors (Lipinski definition) is 11. The van der Waals surface area contributed by atoms with Gasteiger partial charge >= 0.3 is 5.97 Å². The monoisotopic (exact) mass is 516 g/mol. The van der Waals surface area contributed by atoms with E-state index in [4.69, 9.17) is 4.74 Å². The number of hydrogen-bond donors (Lipinski definition) is 2. The van der Waals surface area contributed by atoms with Gasteiger partial charge in [-0.05, 0) is 25.7 Å².